The van der Waals surface area contributed by atoms with Gasteiger partial charge in [0.15, 0.2) is 16.6 Å². The smallest absolute Gasteiger partial charge is 0.309 e. The van der Waals surface area contributed by atoms with Crippen LogP contribution < -0.4 is 0 Å². The fourth-order valence-corrected chi connectivity index (χ4v) is 10.5. The van der Waals surface area contributed by atoms with Gasteiger partial charge in [-0.25, -0.2) is 4.98 Å². The monoisotopic (exact) mass is 721 g/mol. The van der Waals surface area contributed by atoms with Crippen molar-refractivity contribution < 1.29 is 18.4 Å². The fraction of sp³-hybridized carbons (Fsp3) is 0.737. The molecule has 268 valence electrons. The van der Waals surface area contributed by atoms with E-state index in [1.54, 1.807) is 11.3 Å². The van der Waals surface area contributed by atoms with E-state index in [4.69, 9.17) is 13.6 Å². The first-order valence-electron chi connectivity index (χ1n) is 17.4. The number of esters is 1. The lowest BCUT2D eigenvalue weighted by Crippen LogP contribution is -2.52. The summed E-state index contributed by atoms with van der Waals surface area (Å²) in [5.74, 6) is 0.00933. The molecule has 2 heterocycles. The molecule has 0 saturated heterocycles. The highest BCUT2D eigenvalue weighted by atomic mass is 32.2. The molecule has 47 heavy (non-hydrogen) atoms. The molecule has 0 saturated carbocycles. The summed E-state index contributed by atoms with van der Waals surface area (Å²) < 4.78 is 20.3. The number of thiazole rings is 1. The molecule has 5 nitrogen and oxygen atoms in total. The minimum atomic E-state index is -2.23. The molecule has 0 fully saturated rings. The third-order valence-corrected chi connectivity index (χ3v) is 21.7. The molecule has 0 N–H and O–H groups in total. The second-order valence-corrected chi connectivity index (χ2v) is 29.9. The third kappa shape index (κ3) is 12.4. The van der Waals surface area contributed by atoms with Crippen molar-refractivity contribution in [3.63, 3.8) is 0 Å². The van der Waals surface area contributed by atoms with Gasteiger partial charge in [-0.15, -0.1) is 23.1 Å². The molecule has 0 radical (unpaired) electrons. The lowest BCUT2D eigenvalue weighted by Gasteiger charge is -2.46. The zero-order chi connectivity index (χ0) is 36.2. The summed E-state index contributed by atoms with van der Waals surface area (Å²) in [6, 6.07) is 0. The maximum absolute atomic E-state index is 14.0. The first kappa shape index (κ1) is 42.2. The predicted molar refractivity (Wildman–Crippen MR) is 212 cm³/mol. The largest absolute Gasteiger partial charge is 0.457 e. The summed E-state index contributed by atoms with van der Waals surface area (Å²) in [6.45, 7) is 38.2. The molecule has 1 aromatic rings. The van der Waals surface area contributed by atoms with Crippen LogP contribution in [-0.2, 0) is 18.4 Å². The zero-order valence-electron chi connectivity index (χ0n) is 32.8. The van der Waals surface area contributed by atoms with Crippen LogP contribution in [0, 0.1) is 12.8 Å². The average molecular weight is 722 g/mol. The van der Waals surface area contributed by atoms with Gasteiger partial charge in [-0.05, 0) is 89.0 Å². The van der Waals surface area contributed by atoms with Crippen molar-refractivity contribution in [3.05, 3.63) is 45.5 Å². The SMILES string of the molecule is C/C1=C/C[C@@H](/C(C)=C/c2csc(C)n2)OC(=O)C[C@@H](O[Si](C)(C)C(C)(C)C)C(C)(C)S[C@H](C)[C@@H](O[Si](C)(C)C(C)(C)C)[C@@H](C)/C=C/C1. The second kappa shape index (κ2) is 16.4. The van der Waals surface area contributed by atoms with Gasteiger partial charge in [0.25, 0.3) is 0 Å². The Labute approximate surface area is 299 Å². The van der Waals surface area contributed by atoms with Crippen LogP contribution in [0.25, 0.3) is 6.08 Å². The highest BCUT2D eigenvalue weighted by Gasteiger charge is 2.47. The highest BCUT2D eigenvalue weighted by molar-refractivity contribution is 8.01. The predicted octanol–water partition coefficient (Wildman–Crippen LogP) is 11.8. The van der Waals surface area contributed by atoms with E-state index in [1.165, 1.54) is 5.57 Å². The van der Waals surface area contributed by atoms with E-state index in [0.29, 0.717) is 6.42 Å². The molecule has 0 aliphatic carbocycles. The van der Waals surface area contributed by atoms with Gasteiger partial charge in [-0.2, -0.15) is 0 Å². The molecular weight excluding hydrogens is 655 g/mol. The number of thioether (sulfide) groups is 1. The molecular formula is C38H67NO4S2Si2. The number of allylic oxidation sites excluding steroid dienone is 2. The Balaban J connectivity index is 2.63. The Morgan fingerprint density at radius 3 is 2.13 bits per heavy atom. The Morgan fingerprint density at radius 1 is 1.02 bits per heavy atom. The lowest BCUT2D eigenvalue weighted by atomic mass is 9.99. The molecule has 0 bridgehead atoms. The third-order valence-electron chi connectivity index (χ3n) is 10.4. The Bertz CT molecular complexity index is 1280. The van der Waals surface area contributed by atoms with Gasteiger partial charge < -0.3 is 13.6 Å². The molecule has 0 spiro atoms. The van der Waals surface area contributed by atoms with Crippen molar-refractivity contribution in [2.24, 2.45) is 5.92 Å². The molecule has 2 rings (SSSR count). The standard InChI is InChI=1S/C38H67NO4S2Si2/c1-26-19-18-20-27(2)35(43-47(16,17)37(9,10)11)29(4)45-38(12,13)33(42-46(14,15)36(6,7)8)24-34(40)41-32(22-21-26)28(3)23-31-25-44-30(5)39-31/h18,20-21,23,25,27,29,32-33,35H,19,22,24H2,1-17H3/b20-18+,26-21-,28-23+/t27-,29+,32-,33+,35-/m0/s1. The summed E-state index contributed by atoms with van der Waals surface area (Å²) in [6.07, 6.45) is 9.91. The normalized spacial score (nSPS) is 28.4. The highest BCUT2D eigenvalue weighted by Crippen LogP contribution is 2.45. The molecule has 1 aromatic heterocycles. The summed E-state index contributed by atoms with van der Waals surface area (Å²) in [5, 5.41) is 3.35. The van der Waals surface area contributed by atoms with E-state index in [-0.39, 0.29) is 56.7 Å². The molecule has 1 aliphatic heterocycles. The van der Waals surface area contributed by atoms with Gasteiger partial charge >= 0.3 is 5.97 Å². The number of rotatable bonds is 6. The molecule has 1 aliphatic rings. The van der Waals surface area contributed by atoms with Gasteiger partial charge in [0.1, 0.15) is 6.10 Å². The van der Waals surface area contributed by atoms with Crippen LogP contribution in [0.4, 0.5) is 0 Å². The first-order valence-corrected chi connectivity index (χ1v) is 25.0. The summed E-state index contributed by atoms with van der Waals surface area (Å²) >= 11 is 3.52. The van der Waals surface area contributed by atoms with Crippen molar-refractivity contribution in [1.29, 1.82) is 0 Å². The number of aryl methyl sites for hydroxylation is 1. The van der Waals surface area contributed by atoms with E-state index in [0.717, 1.165) is 22.7 Å². The minimum Gasteiger partial charge on any atom is -0.457 e. The van der Waals surface area contributed by atoms with Gasteiger partial charge in [-0.1, -0.05) is 79.2 Å². The minimum absolute atomic E-state index is 0.00164. The number of carbonyl (C=O) groups excluding carboxylic acids is 1. The number of hydrogen-bond donors (Lipinski definition) is 0. The van der Waals surface area contributed by atoms with Gasteiger partial charge in [-0.3, -0.25) is 4.79 Å². The van der Waals surface area contributed by atoms with Gasteiger partial charge in [0.2, 0.25) is 0 Å². The molecule has 9 heteroatoms. The van der Waals surface area contributed by atoms with E-state index in [9.17, 15) is 4.79 Å². The van der Waals surface area contributed by atoms with Crippen LogP contribution in [0.2, 0.25) is 36.3 Å². The van der Waals surface area contributed by atoms with E-state index in [2.05, 4.69) is 137 Å². The second-order valence-electron chi connectivity index (χ2n) is 17.3. The Hall–Kier alpha value is -0.976. The van der Waals surface area contributed by atoms with Crippen molar-refractivity contribution in [3.8, 4) is 0 Å². The lowest BCUT2D eigenvalue weighted by molar-refractivity contribution is -0.149. The number of hydrogen-bond acceptors (Lipinski definition) is 7. The molecule has 0 amide bonds. The topological polar surface area (TPSA) is 57.7 Å². The van der Waals surface area contributed by atoms with E-state index < -0.39 is 16.6 Å². The van der Waals surface area contributed by atoms with Crippen molar-refractivity contribution in [1.82, 2.24) is 4.98 Å². The summed E-state index contributed by atoms with van der Waals surface area (Å²) in [4.78, 5) is 18.6. The quantitative estimate of drug-likeness (QED) is 0.166. The summed E-state index contributed by atoms with van der Waals surface area (Å²) in [5.41, 5.74) is 3.15. The van der Waals surface area contributed by atoms with Crippen molar-refractivity contribution in [2.45, 2.75) is 174 Å². The number of cyclic esters (lactones) is 1. The molecule has 5 atom stereocenters. The van der Waals surface area contributed by atoms with Crippen molar-refractivity contribution in [2.75, 3.05) is 0 Å². The average Bonchev–Trinajstić information content (AvgIpc) is 3.30. The van der Waals surface area contributed by atoms with Crippen LogP contribution in [0.3, 0.4) is 0 Å². The Kier molecular flexibility index (Phi) is 14.7. The van der Waals surface area contributed by atoms with Crippen LogP contribution >= 0.6 is 23.1 Å². The fourth-order valence-electron chi connectivity index (χ4n) is 5.16. The number of aromatic nitrogens is 1. The first-order chi connectivity index (χ1) is 21.3. The molecule has 0 unspecified atom stereocenters. The van der Waals surface area contributed by atoms with Crippen molar-refractivity contribution >= 4 is 51.8 Å². The van der Waals surface area contributed by atoms with Crippen LogP contribution in [0.5, 0.6) is 0 Å². The number of nitrogens with zero attached hydrogens (tertiary/aromatic N) is 1. The van der Waals surface area contributed by atoms with E-state index in [1.807, 2.05) is 25.6 Å². The number of ether oxygens (including phenoxy) is 1. The van der Waals surface area contributed by atoms with Gasteiger partial charge in [0.05, 0.1) is 29.3 Å². The van der Waals surface area contributed by atoms with Gasteiger partial charge in [0, 0.05) is 27.7 Å². The van der Waals surface area contributed by atoms with Crippen LogP contribution in [0.15, 0.2) is 34.8 Å². The molecule has 0 aromatic carbocycles. The van der Waals surface area contributed by atoms with Crippen LogP contribution in [0.1, 0.15) is 113 Å². The number of carbonyl (C=O) groups is 1. The Morgan fingerprint density at radius 2 is 1.60 bits per heavy atom. The van der Waals surface area contributed by atoms with Crippen LogP contribution in [-0.4, -0.2) is 55.9 Å². The summed E-state index contributed by atoms with van der Waals surface area (Å²) in [7, 11) is -4.29. The zero-order valence-corrected chi connectivity index (χ0v) is 36.4. The maximum atomic E-state index is 14.0. The van der Waals surface area contributed by atoms with E-state index >= 15 is 0 Å². The maximum Gasteiger partial charge on any atom is 0.309 e.